The fraction of sp³-hybridized carbons (Fsp3) is 0.211. The zero-order valence-corrected chi connectivity index (χ0v) is 13.8. The van der Waals surface area contributed by atoms with E-state index in [-0.39, 0.29) is 5.78 Å². The Labute approximate surface area is 136 Å². The molecule has 0 fully saturated rings. The van der Waals surface area contributed by atoms with Crippen LogP contribution in [-0.4, -0.2) is 12.9 Å². The molecule has 0 amide bonds. The molecule has 0 aliphatic heterocycles. The van der Waals surface area contributed by atoms with Gasteiger partial charge in [0.25, 0.3) is 0 Å². The minimum absolute atomic E-state index is 0.0950. The molecule has 2 aromatic carbocycles. The Morgan fingerprint density at radius 3 is 2.41 bits per heavy atom. The largest absolute Gasteiger partial charge is 0.497 e. The number of hydrogen-bond donors (Lipinski definition) is 0. The summed E-state index contributed by atoms with van der Waals surface area (Å²) in [6.07, 6.45) is 2.57. The lowest BCUT2D eigenvalue weighted by molar-refractivity contribution is 0.104. The Kier molecular flexibility index (Phi) is 5.40. The second-order valence-corrected chi connectivity index (χ2v) is 5.19. The van der Waals surface area contributed by atoms with Crippen LogP contribution in [0.3, 0.4) is 0 Å². The number of allylic oxidation sites excluding steroid dienone is 1. The van der Waals surface area contributed by atoms with E-state index in [2.05, 4.69) is 0 Å². The third-order valence-electron chi connectivity index (χ3n) is 3.44. The molecule has 0 heterocycles. The van der Waals surface area contributed by atoms with E-state index < -0.39 is 0 Å². The summed E-state index contributed by atoms with van der Waals surface area (Å²) in [5, 5.41) is 0.693. The number of ether oxygens (including phenoxy) is 1. The molecule has 3 heteroatoms. The molecule has 0 atom stereocenters. The Morgan fingerprint density at radius 1 is 1.09 bits per heavy atom. The molecule has 114 valence electrons. The van der Waals surface area contributed by atoms with Gasteiger partial charge in [0.05, 0.1) is 7.11 Å². The number of benzene rings is 2. The number of carbonyl (C=O) groups is 1. The van der Waals surface area contributed by atoms with E-state index in [0.717, 1.165) is 28.0 Å². The van der Waals surface area contributed by atoms with Crippen molar-refractivity contribution in [3.8, 4) is 5.75 Å². The summed E-state index contributed by atoms with van der Waals surface area (Å²) in [5.41, 5.74) is 3.58. The maximum Gasteiger partial charge on any atom is 0.189 e. The summed E-state index contributed by atoms with van der Waals surface area (Å²) < 4.78 is 5.20. The van der Waals surface area contributed by atoms with Crippen molar-refractivity contribution in [3.63, 3.8) is 0 Å². The number of rotatable bonds is 2. The normalized spacial score (nSPS) is 14.4. The smallest absolute Gasteiger partial charge is 0.189 e. The average molecular weight is 315 g/mol. The van der Waals surface area contributed by atoms with E-state index in [0.29, 0.717) is 11.4 Å². The summed E-state index contributed by atoms with van der Waals surface area (Å²) in [6, 6.07) is 13.0. The lowest BCUT2D eigenvalue weighted by atomic mass is 10.1. The molecule has 0 N–H and O–H groups in total. The van der Waals surface area contributed by atoms with Crippen LogP contribution in [0.2, 0.25) is 5.02 Å². The van der Waals surface area contributed by atoms with Gasteiger partial charge in [0.15, 0.2) is 5.78 Å². The Balaban J connectivity index is 0.000000847. The monoisotopic (exact) mass is 314 g/mol. The number of carbonyl (C=O) groups excluding carboxylic acids is 1. The predicted molar refractivity (Wildman–Crippen MR) is 91.8 cm³/mol. The van der Waals surface area contributed by atoms with Crippen LogP contribution in [0.5, 0.6) is 5.75 Å². The third kappa shape index (κ3) is 3.40. The molecule has 0 saturated heterocycles. The van der Waals surface area contributed by atoms with E-state index >= 15 is 0 Å². The van der Waals surface area contributed by atoms with Crippen LogP contribution in [0.25, 0.3) is 6.08 Å². The molecule has 0 radical (unpaired) electrons. The van der Waals surface area contributed by atoms with Gasteiger partial charge in [-0.15, -0.1) is 0 Å². The zero-order valence-electron chi connectivity index (χ0n) is 13.0. The van der Waals surface area contributed by atoms with E-state index in [1.165, 1.54) is 0 Å². The highest BCUT2D eigenvalue weighted by Gasteiger charge is 2.24. The third-order valence-corrected chi connectivity index (χ3v) is 3.69. The topological polar surface area (TPSA) is 26.3 Å². The van der Waals surface area contributed by atoms with Crippen molar-refractivity contribution < 1.29 is 9.53 Å². The molecule has 0 spiro atoms. The fourth-order valence-electron chi connectivity index (χ4n) is 2.40. The maximum absolute atomic E-state index is 12.3. The van der Waals surface area contributed by atoms with Crippen LogP contribution in [-0.2, 0) is 6.42 Å². The summed E-state index contributed by atoms with van der Waals surface area (Å²) in [7, 11) is 1.63. The van der Waals surface area contributed by atoms with Crippen LogP contribution >= 0.6 is 11.6 Å². The van der Waals surface area contributed by atoms with Gasteiger partial charge < -0.3 is 4.74 Å². The van der Waals surface area contributed by atoms with Crippen molar-refractivity contribution in [2.24, 2.45) is 0 Å². The Hall–Kier alpha value is -2.06. The van der Waals surface area contributed by atoms with Crippen molar-refractivity contribution in [3.05, 3.63) is 69.8 Å². The van der Waals surface area contributed by atoms with Gasteiger partial charge in [0, 0.05) is 22.6 Å². The van der Waals surface area contributed by atoms with Gasteiger partial charge in [-0.25, -0.2) is 0 Å². The van der Waals surface area contributed by atoms with Crippen molar-refractivity contribution in [1.82, 2.24) is 0 Å². The molecule has 2 nitrogen and oxygen atoms in total. The standard InChI is InChI=1S/C17H13ClO2.C2H6/c1-20-15-6-7-16-12(10-15)9-13(17(16)19)8-11-2-4-14(18)5-3-11;1-2/h2-8,10H,9H2,1H3;1-2H3/b13-8+;. The quantitative estimate of drug-likeness (QED) is 0.712. The Bertz CT molecular complexity index is 700. The van der Waals surface area contributed by atoms with Crippen LogP contribution < -0.4 is 4.74 Å². The molecule has 1 aliphatic carbocycles. The van der Waals surface area contributed by atoms with Gasteiger partial charge in [-0.1, -0.05) is 37.6 Å². The first kappa shape index (κ1) is 16.3. The summed E-state index contributed by atoms with van der Waals surface area (Å²) in [6.45, 7) is 4.00. The summed E-state index contributed by atoms with van der Waals surface area (Å²) in [4.78, 5) is 12.3. The first-order valence-corrected chi connectivity index (χ1v) is 7.73. The van der Waals surface area contributed by atoms with E-state index in [4.69, 9.17) is 16.3 Å². The minimum Gasteiger partial charge on any atom is -0.497 e. The van der Waals surface area contributed by atoms with E-state index in [1.807, 2.05) is 62.4 Å². The summed E-state index contributed by atoms with van der Waals surface area (Å²) in [5.74, 6) is 0.877. The van der Waals surface area contributed by atoms with Gasteiger partial charge in [-0.2, -0.15) is 0 Å². The first-order chi connectivity index (χ1) is 10.7. The van der Waals surface area contributed by atoms with Gasteiger partial charge in [0.1, 0.15) is 5.75 Å². The maximum atomic E-state index is 12.3. The van der Waals surface area contributed by atoms with Crippen LogP contribution in [0, 0.1) is 0 Å². The molecular weight excluding hydrogens is 296 g/mol. The van der Waals surface area contributed by atoms with Gasteiger partial charge in [0.2, 0.25) is 0 Å². The van der Waals surface area contributed by atoms with Crippen LogP contribution in [0.4, 0.5) is 0 Å². The van der Waals surface area contributed by atoms with Gasteiger partial charge in [-0.05, 0) is 47.5 Å². The first-order valence-electron chi connectivity index (χ1n) is 7.35. The highest BCUT2D eigenvalue weighted by Crippen LogP contribution is 2.30. The van der Waals surface area contributed by atoms with Crippen molar-refractivity contribution in [2.45, 2.75) is 20.3 Å². The summed E-state index contributed by atoms with van der Waals surface area (Å²) >= 11 is 5.86. The molecule has 2 aromatic rings. The number of Topliss-reactive ketones (excluding diaryl/α,β-unsaturated/α-hetero) is 1. The number of fused-ring (bicyclic) bond motifs is 1. The molecule has 0 aromatic heterocycles. The molecule has 1 aliphatic rings. The molecule has 0 unspecified atom stereocenters. The number of methoxy groups -OCH3 is 1. The second kappa shape index (κ2) is 7.28. The minimum atomic E-state index is 0.0950. The average Bonchev–Trinajstić information content (AvgIpc) is 2.87. The number of halogens is 1. The lowest BCUT2D eigenvalue weighted by Crippen LogP contribution is -1.95. The molecule has 22 heavy (non-hydrogen) atoms. The van der Waals surface area contributed by atoms with Crippen molar-refractivity contribution in [2.75, 3.05) is 7.11 Å². The predicted octanol–water partition coefficient (Wildman–Crippen LogP) is 5.20. The SMILES string of the molecule is CC.COc1ccc2c(c1)C/C(=C\c1ccc(Cl)cc1)C2=O. The number of hydrogen-bond acceptors (Lipinski definition) is 2. The molecule has 0 saturated carbocycles. The van der Waals surface area contributed by atoms with E-state index in [1.54, 1.807) is 7.11 Å². The number of ketones is 1. The van der Waals surface area contributed by atoms with E-state index in [9.17, 15) is 4.79 Å². The van der Waals surface area contributed by atoms with Gasteiger partial charge >= 0.3 is 0 Å². The van der Waals surface area contributed by atoms with Crippen LogP contribution in [0.15, 0.2) is 48.0 Å². The second-order valence-electron chi connectivity index (χ2n) is 4.75. The fourth-order valence-corrected chi connectivity index (χ4v) is 2.53. The molecule has 0 bridgehead atoms. The van der Waals surface area contributed by atoms with Gasteiger partial charge in [-0.3, -0.25) is 4.79 Å². The highest BCUT2D eigenvalue weighted by molar-refractivity contribution is 6.30. The van der Waals surface area contributed by atoms with Crippen molar-refractivity contribution >= 4 is 23.5 Å². The van der Waals surface area contributed by atoms with Crippen LogP contribution in [0.1, 0.15) is 35.3 Å². The highest BCUT2D eigenvalue weighted by atomic mass is 35.5. The molecule has 3 rings (SSSR count). The lowest BCUT2D eigenvalue weighted by Gasteiger charge is -2.01. The van der Waals surface area contributed by atoms with Crippen molar-refractivity contribution in [1.29, 1.82) is 0 Å². The Morgan fingerprint density at radius 2 is 1.77 bits per heavy atom. The molecular formula is C19H19ClO2. The zero-order chi connectivity index (χ0) is 16.1.